The summed E-state index contributed by atoms with van der Waals surface area (Å²) in [6.45, 7) is 3.64. The number of aliphatic carboxylic acids is 1. The molecule has 1 saturated heterocycles. The van der Waals surface area contributed by atoms with Gasteiger partial charge in [0.1, 0.15) is 0 Å². The third kappa shape index (κ3) is 2.17. The van der Waals surface area contributed by atoms with Crippen LogP contribution in [-0.2, 0) is 14.6 Å². The van der Waals surface area contributed by atoms with Crippen LogP contribution in [0.2, 0.25) is 0 Å². The Hall–Kier alpha value is -0.580. The normalized spacial score (nSPS) is 25.3. The Morgan fingerprint density at radius 2 is 1.93 bits per heavy atom. The van der Waals surface area contributed by atoms with Crippen LogP contribution in [0, 0.1) is 11.3 Å². The van der Waals surface area contributed by atoms with Gasteiger partial charge < -0.3 is 5.11 Å². The van der Waals surface area contributed by atoms with Crippen molar-refractivity contribution in [1.29, 1.82) is 0 Å². The van der Waals surface area contributed by atoms with Gasteiger partial charge in [0, 0.05) is 0 Å². The van der Waals surface area contributed by atoms with E-state index in [1.54, 1.807) is 0 Å². The molecule has 1 atom stereocenters. The van der Waals surface area contributed by atoms with E-state index in [-0.39, 0.29) is 17.4 Å². The van der Waals surface area contributed by atoms with Crippen LogP contribution in [0.3, 0.4) is 0 Å². The van der Waals surface area contributed by atoms with E-state index in [2.05, 4.69) is 0 Å². The van der Waals surface area contributed by atoms with Gasteiger partial charge in [-0.15, -0.1) is 0 Å². The Morgan fingerprint density at radius 3 is 2.20 bits per heavy atom. The molecule has 5 heteroatoms. The Labute approximate surface area is 90.6 Å². The molecule has 0 amide bonds. The molecule has 0 aromatic heterocycles. The molecule has 0 aliphatic carbocycles. The molecule has 0 radical (unpaired) electrons. The van der Waals surface area contributed by atoms with Gasteiger partial charge in [0.25, 0.3) is 0 Å². The lowest BCUT2D eigenvalue weighted by Gasteiger charge is -2.32. The Balaban J connectivity index is 2.97. The quantitative estimate of drug-likeness (QED) is 0.796. The Bertz CT molecular complexity index is 340. The monoisotopic (exact) mass is 234 g/mol. The van der Waals surface area contributed by atoms with Crippen LogP contribution in [0.15, 0.2) is 0 Å². The number of hydrogen-bond donors (Lipinski definition) is 1. The molecule has 1 fully saturated rings. The molecule has 1 aliphatic heterocycles. The summed E-state index contributed by atoms with van der Waals surface area (Å²) in [6, 6.07) is 0. The first-order valence-corrected chi connectivity index (χ1v) is 7.14. The molecule has 4 nitrogen and oxygen atoms in total. The second-order valence-electron chi connectivity index (χ2n) is 4.27. The predicted molar refractivity (Wildman–Crippen MR) is 57.4 cm³/mol. The first kappa shape index (κ1) is 12.5. The zero-order valence-corrected chi connectivity index (χ0v) is 10.0. The second kappa shape index (κ2) is 4.12. The maximum atomic E-state index is 11.3. The summed E-state index contributed by atoms with van der Waals surface area (Å²) in [6.07, 6.45) is 1.49. The van der Waals surface area contributed by atoms with E-state index in [0.717, 1.165) is 0 Å². The van der Waals surface area contributed by atoms with Crippen molar-refractivity contribution >= 4 is 15.8 Å². The average molecular weight is 234 g/mol. The highest BCUT2D eigenvalue weighted by atomic mass is 32.2. The highest BCUT2D eigenvalue weighted by molar-refractivity contribution is 7.91. The van der Waals surface area contributed by atoms with Crippen LogP contribution >= 0.6 is 0 Å². The van der Waals surface area contributed by atoms with Crippen LogP contribution in [0.5, 0.6) is 0 Å². The highest BCUT2D eigenvalue weighted by Gasteiger charge is 2.47. The van der Waals surface area contributed by atoms with Crippen LogP contribution in [0.25, 0.3) is 0 Å². The molecule has 1 N–H and O–H groups in total. The molecule has 1 aliphatic rings. The Morgan fingerprint density at radius 1 is 1.40 bits per heavy atom. The maximum absolute atomic E-state index is 11.3. The molecular formula is C10H18O4S. The first-order valence-electron chi connectivity index (χ1n) is 5.31. The van der Waals surface area contributed by atoms with Gasteiger partial charge in [0.05, 0.1) is 16.9 Å². The zero-order valence-electron chi connectivity index (χ0n) is 9.19. The summed E-state index contributed by atoms with van der Waals surface area (Å²) in [5.74, 6) is -0.877. The van der Waals surface area contributed by atoms with Gasteiger partial charge in [-0.05, 0) is 25.2 Å². The van der Waals surface area contributed by atoms with Gasteiger partial charge in [0.2, 0.25) is 0 Å². The zero-order chi connectivity index (χ0) is 11.7. The third-order valence-electron chi connectivity index (χ3n) is 3.70. The molecule has 0 aromatic carbocycles. The van der Waals surface area contributed by atoms with Gasteiger partial charge in [-0.1, -0.05) is 13.8 Å². The lowest BCUT2D eigenvalue weighted by molar-refractivity contribution is -0.152. The fourth-order valence-corrected chi connectivity index (χ4v) is 4.44. The van der Waals surface area contributed by atoms with Crippen LogP contribution in [0.4, 0.5) is 0 Å². The standard InChI is InChI=1S/C10H18O4S/c1-3-10(4-2,9(11)12)8-5-6-15(13,14)7-8/h8H,3-7H2,1-2H3,(H,11,12). The van der Waals surface area contributed by atoms with Crippen molar-refractivity contribution in [1.82, 2.24) is 0 Å². The number of rotatable bonds is 4. The number of carboxylic acid groups (broad SMARTS) is 1. The summed E-state index contributed by atoms with van der Waals surface area (Å²) < 4.78 is 22.7. The molecule has 1 unspecified atom stereocenters. The van der Waals surface area contributed by atoms with E-state index in [0.29, 0.717) is 19.3 Å². The van der Waals surface area contributed by atoms with E-state index < -0.39 is 21.2 Å². The van der Waals surface area contributed by atoms with Crippen molar-refractivity contribution in [2.24, 2.45) is 11.3 Å². The molecule has 0 bridgehead atoms. The molecule has 0 spiro atoms. The first-order chi connectivity index (χ1) is 6.88. The largest absolute Gasteiger partial charge is 0.481 e. The minimum Gasteiger partial charge on any atom is -0.481 e. The van der Waals surface area contributed by atoms with Crippen molar-refractivity contribution in [2.45, 2.75) is 33.1 Å². The lowest BCUT2D eigenvalue weighted by Crippen LogP contribution is -2.38. The van der Waals surface area contributed by atoms with Crippen molar-refractivity contribution in [3.8, 4) is 0 Å². The maximum Gasteiger partial charge on any atom is 0.309 e. The topological polar surface area (TPSA) is 71.4 Å². The van der Waals surface area contributed by atoms with E-state index in [1.807, 2.05) is 13.8 Å². The predicted octanol–water partition coefficient (Wildman–Crippen LogP) is 1.31. The van der Waals surface area contributed by atoms with Gasteiger partial charge in [-0.25, -0.2) is 8.42 Å². The van der Waals surface area contributed by atoms with Gasteiger partial charge in [0.15, 0.2) is 9.84 Å². The number of carbonyl (C=O) groups is 1. The summed E-state index contributed by atoms with van der Waals surface area (Å²) in [7, 11) is -3.00. The minimum absolute atomic E-state index is 0.0426. The molecule has 0 aromatic rings. The van der Waals surface area contributed by atoms with E-state index in [4.69, 9.17) is 0 Å². The van der Waals surface area contributed by atoms with Crippen molar-refractivity contribution in [3.05, 3.63) is 0 Å². The fraction of sp³-hybridized carbons (Fsp3) is 0.900. The minimum atomic E-state index is -3.00. The third-order valence-corrected chi connectivity index (χ3v) is 5.47. The van der Waals surface area contributed by atoms with Crippen LogP contribution < -0.4 is 0 Å². The SMILES string of the molecule is CCC(CC)(C(=O)O)C1CCS(=O)(=O)C1. The number of hydrogen-bond acceptors (Lipinski definition) is 3. The molecule has 0 saturated carbocycles. The van der Waals surface area contributed by atoms with Gasteiger partial charge in [-0.3, -0.25) is 4.79 Å². The van der Waals surface area contributed by atoms with Crippen LogP contribution in [-0.4, -0.2) is 31.0 Å². The van der Waals surface area contributed by atoms with Crippen molar-refractivity contribution in [2.75, 3.05) is 11.5 Å². The molecule has 1 rings (SSSR count). The fourth-order valence-electron chi connectivity index (χ4n) is 2.54. The van der Waals surface area contributed by atoms with Crippen molar-refractivity contribution in [3.63, 3.8) is 0 Å². The van der Waals surface area contributed by atoms with E-state index in [1.165, 1.54) is 0 Å². The lowest BCUT2D eigenvalue weighted by atomic mass is 9.71. The van der Waals surface area contributed by atoms with E-state index in [9.17, 15) is 18.3 Å². The average Bonchev–Trinajstić information content (AvgIpc) is 2.49. The van der Waals surface area contributed by atoms with Crippen LogP contribution in [0.1, 0.15) is 33.1 Å². The highest BCUT2D eigenvalue weighted by Crippen LogP contribution is 2.41. The Kier molecular flexibility index (Phi) is 3.43. The van der Waals surface area contributed by atoms with E-state index >= 15 is 0 Å². The number of sulfone groups is 1. The second-order valence-corrected chi connectivity index (χ2v) is 6.50. The van der Waals surface area contributed by atoms with Crippen molar-refractivity contribution < 1.29 is 18.3 Å². The summed E-state index contributed by atoms with van der Waals surface area (Å²) in [4.78, 5) is 11.3. The van der Waals surface area contributed by atoms with Gasteiger partial charge >= 0.3 is 5.97 Å². The molecular weight excluding hydrogens is 216 g/mol. The van der Waals surface area contributed by atoms with Gasteiger partial charge in [-0.2, -0.15) is 0 Å². The molecule has 15 heavy (non-hydrogen) atoms. The summed E-state index contributed by atoms with van der Waals surface area (Å²) in [5, 5.41) is 9.26. The summed E-state index contributed by atoms with van der Waals surface area (Å²) >= 11 is 0. The molecule has 88 valence electrons. The number of carboxylic acids is 1. The summed E-state index contributed by atoms with van der Waals surface area (Å²) in [5.41, 5.74) is -0.844. The molecule has 1 heterocycles. The smallest absolute Gasteiger partial charge is 0.309 e.